The number of carbonyl (C=O) groups is 1. The van der Waals surface area contributed by atoms with E-state index in [4.69, 9.17) is 4.74 Å². The summed E-state index contributed by atoms with van der Waals surface area (Å²) in [4.78, 5) is 12.5. The number of amides is 1. The fourth-order valence-corrected chi connectivity index (χ4v) is 3.06. The van der Waals surface area contributed by atoms with Crippen LogP contribution in [0.3, 0.4) is 0 Å². The van der Waals surface area contributed by atoms with Crippen molar-refractivity contribution in [3.05, 3.63) is 59.7 Å². The lowest BCUT2D eigenvalue weighted by Crippen LogP contribution is -2.28. The summed E-state index contributed by atoms with van der Waals surface area (Å²) in [6, 6.07) is 12.2. The molecule has 0 bridgehead atoms. The third-order valence-corrected chi connectivity index (χ3v) is 4.59. The first-order chi connectivity index (χ1) is 12.3. The van der Waals surface area contributed by atoms with Gasteiger partial charge in [0, 0.05) is 4.90 Å². The van der Waals surface area contributed by atoms with Crippen LogP contribution >= 0.6 is 11.8 Å². The van der Waals surface area contributed by atoms with E-state index in [1.54, 1.807) is 6.07 Å². The zero-order chi connectivity index (χ0) is 19.2. The standard InChI is InChI=1S/C19H20F3NO2S/c1-3-25-16-9-7-14(8-10-16)13(2)23-18(24)12-26-17-6-4-5-15(11-17)19(20,21)22/h4-11,13H,3,12H2,1-2H3,(H,23,24). The van der Waals surface area contributed by atoms with Crippen LogP contribution in [0.2, 0.25) is 0 Å². The van der Waals surface area contributed by atoms with Gasteiger partial charge < -0.3 is 10.1 Å². The Morgan fingerprint density at radius 2 is 1.88 bits per heavy atom. The third kappa shape index (κ3) is 5.98. The SMILES string of the molecule is CCOc1ccc(C(C)NC(=O)CSc2cccc(C(F)(F)F)c2)cc1. The molecule has 0 aliphatic rings. The number of nitrogens with one attached hydrogen (secondary N) is 1. The summed E-state index contributed by atoms with van der Waals surface area (Å²) < 4.78 is 43.5. The quantitative estimate of drug-likeness (QED) is 0.678. The predicted molar refractivity (Wildman–Crippen MR) is 96.3 cm³/mol. The van der Waals surface area contributed by atoms with Gasteiger partial charge in [-0.3, -0.25) is 4.79 Å². The monoisotopic (exact) mass is 383 g/mol. The molecule has 0 heterocycles. The number of thioether (sulfide) groups is 1. The molecule has 3 nitrogen and oxygen atoms in total. The lowest BCUT2D eigenvalue weighted by molar-refractivity contribution is -0.137. The molecule has 0 aromatic heterocycles. The van der Waals surface area contributed by atoms with Gasteiger partial charge in [0.2, 0.25) is 5.91 Å². The third-order valence-electron chi connectivity index (χ3n) is 3.60. The van der Waals surface area contributed by atoms with E-state index in [0.717, 1.165) is 35.2 Å². The number of hydrogen-bond donors (Lipinski definition) is 1. The van der Waals surface area contributed by atoms with Crippen LogP contribution in [0.1, 0.15) is 31.0 Å². The molecule has 0 spiro atoms. The summed E-state index contributed by atoms with van der Waals surface area (Å²) in [6.07, 6.45) is -4.39. The summed E-state index contributed by atoms with van der Waals surface area (Å²) >= 11 is 1.07. The topological polar surface area (TPSA) is 38.3 Å². The number of benzene rings is 2. The Bertz CT molecular complexity index is 732. The Morgan fingerprint density at radius 1 is 1.19 bits per heavy atom. The van der Waals surface area contributed by atoms with Crippen LogP contribution in [0.4, 0.5) is 13.2 Å². The number of ether oxygens (including phenoxy) is 1. The van der Waals surface area contributed by atoms with Gasteiger partial charge in [-0.25, -0.2) is 0 Å². The maximum Gasteiger partial charge on any atom is 0.416 e. The molecule has 26 heavy (non-hydrogen) atoms. The average molecular weight is 383 g/mol. The number of alkyl halides is 3. The van der Waals surface area contributed by atoms with Gasteiger partial charge in [0.25, 0.3) is 0 Å². The minimum Gasteiger partial charge on any atom is -0.494 e. The van der Waals surface area contributed by atoms with Gasteiger partial charge in [-0.1, -0.05) is 18.2 Å². The van der Waals surface area contributed by atoms with Gasteiger partial charge in [-0.2, -0.15) is 13.2 Å². The molecule has 1 atom stereocenters. The van der Waals surface area contributed by atoms with Gasteiger partial charge in [-0.05, 0) is 49.7 Å². The molecule has 140 valence electrons. The number of carbonyl (C=O) groups excluding carboxylic acids is 1. The van der Waals surface area contributed by atoms with Gasteiger partial charge in [0.05, 0.1) is 24.0 Å². The minimum atomic E-state index is -4.39. The molecule has 0 aliphatic heterocycles. The van der Waals surface area contributed by atoms with Gasteiger partial charge in [0.15, 0.2) is 0 Å². The van der Waals surface area contributed by atoms with E-state index in [2.05, 4.69) is 5.32 Å². The second kappa shape index (κ2) is 8.98. The molecule has 2 rings (SSSR count). The van der Waals surface area contributed by atoms with Crippen LogP contribution in [0.15, 0.2) is 53.4 Å². The molecular weight excluding hydrogens is 363 g/mol. The van der Waals surface area contributed by atoms with E-state index in [1.807, 2.05) is 38.1 Å². The highest BCUT2D eigenvalue weighted by atomic mass is 32.2. The smallest absolute Gasteiger partial charge is 0.416 e. The van der Waals surface area contributed by atoms with Crippen LogP contribution < -0.4 is 10.1 Å². The van der Waals surface area contributed by atoms with Gasteiger partial charge in [0.1, 0.15) is 5.75 Å². The fraction of sp³-hybridized carbons (Fsp3) is 0.316. The first-order valence-corrected chi connectivity index (χ1v) is 9.10. The summed E-state index contributed by atoms with van der Waals surface area (Å²) in [5.74, 6) is 0.562. The summed E-state index contributed by atoms with van der Waals surface area (Å²) in [5.41, 5.74) is 0.205. The Labute approximate surface area is 154 Å². The highest BCUT2D eigenvalue weighted by Crippen LogP contribution is 2.31. The first-order valence-electron chi connectivity index (χ1n) is 8.11. The van der Waals surface area contributed by atoms with E-state index < -0.39 is 11.7 Å². The maximum absolute atomic E-state index is 12.7. The van der Waals surface area contributed by atoms with E-state index in [1.165, 1.54) is 6.07 Å². The molecule has 7 heteroatoms. The zero-order valence-electron chi connectivity index (χ0n) is 14.5. The van der Waals surface area contributed by atoms with Crippen molar-refractivity contribution in [1.29, 1.82) is 0 Å². The van der Waals surface area contributed by atoms with Crippen molar-refractivity contribution in [2.24, 2.45) is 0 Å². The second-order valence-electron chi connectivity index (χ2n) is 5.61. The second-order valence-corrected chi connectivity index (χ2v) is 6.65. The van der Waals surface area contributed by atoms with E-state index in [0.29, 0.717) is 11.5 Å². The highest BCUT2D eigenvalue weighted by molar-refractivity contribution is 8.00. The Kier molecular flexibility index (Phi) is 6.97. The first kappa shape index (κ1) is 20.2. The van der Waals surface area contributed by atoms with Crippen molar-refractivity contribution in [1.82, 2.24) is 5.32 Å². The minimum absolute atomic E-state index is 0.0443. The van der Waals surface area contributed by atoms with Crippen molar-refractivity contribution >= 4 is 17.7 Å². The molecule has 0 saturated heterocycles. The molecule has 1 unspecified atom stereocenters. The Balaban J connectivity index is 1.88. The fourth-order valence-electron chi connectivity index (χ4n) is 2.30. The van der Waals surface area contributed by atoms with E-state index in [9.17, 15) is 18.0 Å². The molecule has 2 aromatic rings. The molecule has 0 fully saturated rings. The van der Waals surface area contributed by atoms with Crippen molar-refractivity contribution in [2.45, 2.75) is 31.0 Å². The Hall–Kier alpha value is -2.15. The van der Waals surface area contributed by atoms with Crippen LogP contribution in [0, 0.1) is 0 Å². The predicted octanol–water partition coefficient (Wildman–Crippen LogP) is 5.07. The summed E-state index contributed by atoms with van der Waals surface area (Å²) in [7, 11) is 0. The normalized spacial score (nSPS) is 12.5. The molecule has 1 N–H and O–H groups in total. The molecule has 2 aromatic carbocycles. The number of halogens is 3. The van der Waals surface area contributed by atoms with Crippen molar-refractivity contribution in [3.63, 3.8) is 0 Å². The molecule has 1 amide bonds. The average Bonchev–Trinajstić information content (AvgIpc) is 2.60. The van der Waals surface area contributed by atoms with Crippen molar-refractivity contribution < 1.29 is 22.7 Å². The largest absolute Gasteiger partial charge is 0.494 e. The van der Waals surface area contributed by atoms with Crippen molar-refractivity contribution in [2.75, 3.05) is 12.4 Å². The highest BCUT2D eigenvalue weighted by Gasteiger charge is 2.30. The molecule has 0 aliphatic carbocycles. The van der Waals surface area contributed by atoms with Gasteiger partial charge in [-0.15, -0.1) is 11.8 Å². The molecular formula is C19H20F3NO2S. The number of rotatable bonds is 7. The van der Waals surface area contributed by atoms with E-state index in [-0.39, 0.29) is 17.7 Å². The van der Waals surface area contributed by atoms with Crippen LogP contribution in [-0.2, 0) is 11.0 Å². The van der Waals surface area contributed by atoms with Crippen LogP contribution in [-0.4, -0.2) is 18.3 Å². The maximum atomic E-state index is 12.7. The van der Waals surface area contributed by atoms with E-state index >= 15 is 0 Å². The molecule has 0 radical (unpaired) electrons. The zero-order valence-corrected chi connectivity index (χ0v) is 15.3. The number of hydrogen-bond acceptors (Lipinski definition) is 3. The lowest BCUT2D eigenvalue weighted by atomic mass is 10.1. The lowest BCUT2D eigenvalue weighted by Gasteiger charge is -2.15. The Morgan fingerprint density at radius 3 is 2.50 bits per heavy atom. The van der Waals surface area contributed by atoms with Crippen LogP contribution in [0.25, 0.3) is 0 Å². The van der Waals surface area contributed by atoms with Gasteiger partial charge >= 0.3 is 6.18 Å². The molecule has 0 saturated carbocycles. The van der Waals surface area contributed by atoms with Crippen LogP contribution in [0.5, 0.6) is 5.75 Å². The van der Waals surface area contributed by atoms with Crippen molar-refractivity contribution in [3.8, 4) is 5.75 Å². The summed E-state index contributed by atoms with van der Waals surface area (Å²) in [6.45, 7) is 4.33. The summed E-state index contributed by atoms with van der Waals surface area (Å²) in [5, 5.41) is 2.84.